The van der Waals surface area contributed by atoms with Crippen LogP contribution in [0.1, 0.15) is 13.8 Å². The fourth-order valence-corrected chi connectivity index (χ4v) is 0.803. The highest BCUT2D eigenvalue weighted by Gasteiger charge is 1.93. The Morgan fingerprint density at radius 2 is 2.00 bits per heavy atom. The van der Waals surface area contributed by atoms with Crippen LogP contribution in [-0.4, -0.2) is 14.6 Å². The van der Waals surface area contributed by atoms with Gasteiger partial charge in [0.1, 0.15) is 14.6 Å². The zero-order valence-corrected chi connectivity index (χ0v) is 6.41. The average molecular weight is 110 g/mol. The molecule has 46 valence electrons. The van der Waals surface area contributed by atoms with Crippen LogP contribution < -0.4 is 0 Å². The van der Waals surface area contributed by atoms with E-state index in [4.69, 9.17) is 0 Å². The Hall–Kier alpha value is 0.130. The molecule has 0 heterocycles. The van der Waals surface area contributed by atoms with E-state index in [-0.39, 0.29) is 0 Å². The summed E-state index contributed by atoms with van der Waals surface area (Å²) in [5.74, 6) is 0.904. The van der Waals surface area contributed by atoms with Gasteiger partial charge in [-0.15, -0.1) is 6.22 Å². The standard InChI is InChI=1S/C6H16B2/c1-6(2)4-8-5-7-3/h6-8H,4-5H2,1-3H3. The highest BCUT2D eigenvalue weighted by atomic mass is 13.8. The molecule has 0 radical (unpaired) electrons. The number of hydrogen-bond donors (Lipinski definition) is 0. The first-order valence-electron chi connectivity index (χ1n) is 3.77. The van der Waals surface area contributed by atoms with E-state index < -0.39 is 0 Å². The van der Waals surface area contributed by atoms with Crippen molar-refractivity contribution in [1.29, 1.82) is 0 Å². The summed E-state index contributed by atoms with van der Waals surface area (Å²) in [5.41, 5.74) is 0. The van der Waals surface area contributed by atoms with Gasteiger partial charge in [-0.1, -0.05) is 32.9 Å². The lowest BCUT2D eigenvalue weighted by Gasteiger charge is -1.98. The molecular formula is C6H16B2. The fraction of sp³-hybridized carbons (Fsp3) is 1.00. The van der Waals surface area contributed by atoms with Crippen LogP contribution in [0.3, 0.4) is 0 Å². The van der Waals surface area contributed by atoms with Gasteiger partial charge >= 0.3 is 0 Å². The van der Waals surface area contributed by atoms with Crippen molar-refractivity contribution in [2.45, 2.75) is 33.2 Å². The minimum absolute atomic E-state index is 0.904. The molecule has 0 amide bonds. The van der Waals surface area contributed by atoms with Crippen molar-refractivity contribution in [1.82, 2.24) is 0 Å². The van der Waals surface area contributed by atoms with E-state index in [0.717, 1.165) is 5.92 Å². The van der Waals surface area contributed by atoms with E-state index >= 15 is 0 Å². The van der Waals surface area contributed by atoms with E-state index in [9.17, 15) is 0 Å². The van der Waals surface area contributed by atoms with Crippen molar-refractivity contribution in [3.05, 3.63) is 0 Å². The van der Waals surface area contributed by atoms with E-state index in [1.807, 2.05) is 0 Å². The van der Waals surface area contributed by atoms with Gasteiger partial charge in [0.15, 0.2) is 0 Å². The fourth-order valence-electron chi connectivity index (χ4n) is 0.803. The lowest BCUT2D eigenvalue weighted by molar-refractivity contribution is 0.731. The molecule has 0 spiro atoms. The molecule has 2 heteroatoms. The Balaban J connectivity index is 2.72. The minimum Gasteiger partial charge on any atom is -0.102 e. The maximum Gasteiger partial charge on any atom is 0.113 e. The largest absolute Gasteiger partial charge is 0.113 e. The molecule has 0 aromatic carbocycles. The summed E-state index contributed by atoms with van der Waals surface area (Å²) >= 11 is 0. The Bertz CT molecular complexity index is 43.8. The summed E-state index contributed by atoms with van der Waals surface area (Å²) in [7, 11) is 2.78. The maximum absolute atomic E-state index is 2.29. The van der Waals surface area contributed by atoms with Gasteiger partial charge < -0.3 is 0 Å². The van der Waals surface area contributed by atoms with E-state index in [2.05, 4.69) is 20.7 Å². The highest BCUT2D eigenvalue weighted by Crippen LogP contribution is 1.99. The van der Waals surface area contributed by atoms with Gasteiger partial charge in [0, 0.05) is 0 Å². The summed E-state index contributed by atoms with van der Waals surface area (Å²) in [4.78, 5) is 0. The number of rotatable bonds is 4. The minimum atomic E-state index is 0.904. The molecular weight excluding hydrogens is 93.7 g/mol. The Kier molecular flexibility index (Phi) is 5.36. The Labute approximate surface area is 54.5 Å². The van der Waals surface area contributed by atoms with Crippen LogP contribution >= 0.6 is 0 Å². The molecule has 0 bridgehead atoms. The van der Waals surface area contributed by atoms with Crippen molar-refractivity contribution in [2.24, 2.45) is 5.92 Å². The van der Waals surface area contributed by atoms with Crippen LogP contribution in [0.4, 0.5) is 0 Å². The molecule has 0 nitrogen and oxygen atoms in total. The maximum atomic E-state index is 2.29. The van der Waals surface area contributed by atoms with Crippen LogP contribution in [0.5, 0.6) is 0 Å². The van der Waals surface area contributed by atoms with E-state index in [1.165, 1.54) is 27.1 Å². The molecule has 0 aromatic rings. The van der Waals surface area contributed by atoms with Crippen LogP contribution in [0.2, 0.25) is 19.4 Å². The van der Waals surface area contributed by atoms with Crippen LogP contribution in [0.15, 0.2) is 0 Å². The van der Waals surface area contributed by atoms with Crippen molar-refractivity contribution < 1.29 is 0 Å². The molecule has 0 rings (SSSR count). The van der Waals surface area contributed by atoms with Gasteiger partial charge in [0.25, 0.3) is 0 Å². The second-order valence-corrected chi connectivity index (χ2v) is 2.89. The van der Waals surface area contributed by atoms with Crippen LogP contribution in [0.25, 0.3) is 0 Å². The lowest BCUT2D eigenvalue weighted by atomic mass is 9.53. The molecule has 0 saturated heterocycles. The van der Waals surface area contributed by atoms with Gasteiger partial charge in [0.2, 0.25) is 0 Å². The molecule has 0 aliphatic carbocycles. The van der Waals surface area contributed by atoms with Gasteiger partial charge in [-0.25, -0.2) is 0 Å². The second kappa shape index (κ2) is 5.27. The van der Waals surface area contributed by atoms with E-state index in [1.54, 1.807) is 0 Å². The Morgan fingerprint density at radius 3 is 2.38 bits per heavy atom. The normalized spacial score (nSPS) is 9.50. The van der Waals surface area contributed by atoms with Gasteiger partial charge in [0.05, 0.1) is 0 Å². The first-order valence-corrected chi connectivity index (χ1v) is 3.77. The quantitative estimate of drug-likeness (QED) is 0.378. The molecule has 0 N–H and O–H groups in total. The van der Waals surface area contributed by atoms with Crippen molar-refractivity contribution >= 4 is 14.6 Å². The van der Waals surface area contributed by atoms with Crippen molar-refractivity contribution in [3.63, 3.8) is 0 Å². The predicted molar refractivity (Wildman–Crippen MR) is 44.6 cm³/mol. The van der Waals surface area contributed by atoms with Gasteiger partial charge in [-0.05, 0) is 0 Å². The summed E-state index contributed by atoms with van der Waals surface area (Å²) in [6.07, 6.45) is 2.83. The Morgan fingerprint density at radius 1 is 1.38 bits per heavy atom. The summed E-state index contributed by atoms with van der Waals surface area (Å²) in [6, 6.07) is 0. The molecule has 0 aliphatic heterocycles. The second-order valence-electron chi connectivity index (χ2n) is 2.89. The first kappa shape index (κ1) is 8.13. The topological polar surface area (TPSA) is 0 Å². The first-order chi connectivity index (χ1) is 3.77. The third-order valence-corrected chi connectivity index (χ3v) is 1.39. The molecule has 0 atom stereocenters. The number of hydrogen-bond acceptors (Lipinski definition) is 0. The predicted octanol–water partition coefficient (Wildman–Crippen LogP) is 1.36. The summed E-state index contributed by atoms with van der Waals surface area (Å²) in [5, 5.41) is 0. The van der Waals surface area contributed by atoms with Gasteiger partial charge in [-0.3, -0.25) is 0 Å². The average Bonchev–Trinajstić information content (AvgIpc) is 1.66. The third-order valence-electron chi connectivity index (χ3n) is 1.39. The highest BCUT2D eigenvalue weighted by molar-refractivity contribution is 6.55. The van der Waals surface area contributed by atoms with E-state index in [0.29, 0.717) is 0 Å². The molecule has 0 saturated carbocycles. The molecule has 8 heavy (non-hydrogen) atoms. The lowest BCUT2D eigenvalue weighted by Crippen LogP contribution is -1.97. The zero-order chi connectivity index (χ0) is 6.41. The molecule has 0 aliphatic rings. The third kappa shape index (κ3) is 6.13. The van der Waals surface area contributed by atoms with Crippen LogP contribution in [-0.2, 0) is 0 Å². The van der Waals surface area contributed by atoms with Crippen LogP contribution in [0, 0.1) is 5.92 Å². The zero-order valence-electron chi connectivity index (χ0n) is 6.41. The molecule has 0 aromatic heterocycles. The molecule has 0 fully saturated rings. The summed E-state index contributed by atoms with van der Waals surface area (Å²) in [6.45, 7) is 6.83. The smallest absolute Gasteiger partial charge is 0.102 e. The SMILES string of the molecule is CBCBCC(C)C. The monoisotopic (exact) mass is 110 g/mol. The van der Waals surface area contributed by atoms with Gasteiger partial charge in [-0.2, -0.15) is 0 Å². The van der Waals surface area contributed by atoms with Crippen molar-refractivity contribution in [3.8, 4) is 0 Å². The van der Waals surface area contributed by atoms with Crippen molar-refractivity contribution in [2.75, 3.05) is 0 Å². The summed E-state index contributed by atoms with van der Waals surface area (Å²) < 4.78 is 0. The molecule has 0 unspecified atom stereocenters.